The first kappa shape index (κ1) is 17.3. The molecule has 2 aromatic heterocycles. The summed E-state index contributed by atoms with van der Waals surface area (Å²) in [7, 11) is 1.83. The minimum absolute atomic E-state index is 0.0675. The number of aromatic nitrogens is 2. The van der Waals surface area contributed by atoms with Gasteiger partial charge in [-0.1, -0.05) is 6.92 Å². The third-order valence-electron chi connectivity index (χ3n) is 5.65. The van der Waals surface area contributed by atoms with E-state index in [4.69, 9.17) is 4.42 Å². The number of fused-ring (bicyclic) bond motifs is 1. The number of likely N-dealkylation sites (tertiary alicyclic amines) is 1. The van der Waals surface area contributed by atoms with Gasteiger partial charge in [0, 0.05) is 31.3 Å². The van der Waals surface area contributed by atoms with E-state index in [1.54, 1.807) is 4.90 Å². The molecule has 2 aromatic rings. The molecule has 1 saturated heterocycles. The standard InChI is InChI=1S/C20H28N4O2/c1-3-18-14(12-24-9-4-5-10-24)11-19(26-18)20(25)23(2)13-17-15-7-6-8-16(15)21-22-17/h11H,3-10,12-13H2,1-2H3,(H,21,22). The van der Waals surface area contributed by atoms with Crippen molar-refractivity contribution < 1.29 is 9.21 Å². The van der Waals surface area contributed by atoms with Crippen LogP contribution in [0.25, 0.3) is 0 Å². The van der Waals surface area contributed by atoms with Crippen LogP contribution in [0.4, 0.5) is 0 Å². The number of rotatable bonds is 6. The zero-order valence-electron chi connectivity index (χ0n) is 15.8. The first-order chi connectivity index (χ1) is 12.7. The number of amides is 1. The van der Waals surface area contributed by atoms with Crippen molar-refractivity contribution in [3.05, 3.63) is 40.1 Å². The Morgan fingerprint density at radius 1 is 1.31 bits per heavy atom. The minimum atomic E-state index is -0.0675. The molecule has 1 N–H and O–H groups in total. The van der Waals surface area contributed by atoms with Gasteiger partial charge < -0.3 is 9.32 Å². The summed E-state index contributed by atoms with van der Waals surface area (Å²) in [5.74, 6) is 1.32. The van der Waals surface area contributed by atoms with Gasteiger partial charge in [-0.05, 0) is 56.8 Å². The second kappa shape index (κ2) is 7.27. The van der Waals surface area contributed by atoms with Gasteiger partial charge in [-0.25, -0.2) is 0 Å². The fraction of sp³-hybridized carbons (Fsp3) is 0.600. The van der Waals surface area contributed by atoms with Gasteiger partial charge in [-0.3, -0.25) is 14.8 Å². The number of nitrogens with one attached hydrogen (secondary N) is 1. The Morgan fingerprint density at radius 2 is 2.12 bits per heavy atom. The summed E-state index contributed by atoms with van der Waals surface area (Å²) >= 11 is 0. The summed E-state index contributed by atoms with van der Waals surface area (Å²) in [6.07, 6.45) is 6.64. The average molecular weight is 356 g/mol. The first-order valence-electron chi connectivity index (χ1n) is 9.80. The van der Waals surface area contributed by atoms with Crippen molar-refractivity contribution in [2.75, 3.05) is 20.1 Å². The fourth-order valence-electron chi connectivity index (χ4n) is 4.19. The second-order valence-electron chi connectivity index (χ2n) is 7.54. The highest BCUT2D eigenvalue weighted by atomic mass is 16.4. The van der Waals surface area contributed by atoms with Crippen LogP contribution in [-0.4, -0.2) is 46.0 Å². The van der Waals surface area contributed by atoms with Gasteiger partial charge in [0.2, 0.25) is 0 Å². The molecule has 0 saturated carbocycles. The van der Waals surface area contributed by atoms with E-state index in [2.05, 4.69) is 22.0 Å². The highest BCUT2D eigenvalue weighted by Crippen LogP contribution is 2.25. The lowest BCUT2D eigenvalue weighted by atomic mass is 10.2. The summed E-state index contributed by atoms with van der Waals surface area (Å²) in [5.41, 5.74) is 4.69. The van der Waals surface area contributed by atoms with Crippen LogP contribution in [0.2, 0.25) is 0 Å². The number of H-pyrrole nitrogens is 1. The van der Waals surface area contributed by atoms with Gasteiger partial charge in [0.1, 0.15) is 5.76 Å². The summed E-state index contributed by atoms with van der Waals surface area (Å²) in [6.45, 7) is 5.77. The van der Waals surface area contributed by atoms with E-state index >= 15 is 0 Å². The van der Waals surface area contributed by atoms with Crippen LogP contribution in [0, 0.1) is 0 Å². The number of hydrogen-bond acceptors (Lipinski definition) is 4. The summed E-state index contributed by atoms with van der Waals surface area (Å²) < 4.78 is 5.92. The van der Waals surface area contributed by atoms with Crippen LogP contribution >= 0.6 is 0 Å². The molecule has 0 aromatic carbocycles. The molecule has 1 amide bonds. The van der Waals surface area contributed by atoms with Crippen molar-refractivity contribution in [2.45, 2.75) is 58.5 Å². The van der Waals surface area contributed by atoms with E-state index in [1.807, 2.05) is 13.1 Å². The van der Waals surface area contributed by atoms with E-state index in [-0.39, 0.29) is 5.91 Å². The summed E-state index contributed by atoms with van der Waals surface area (Å²) in [5, 5.41) is 7.52. The monoisotopic (exact) mass is 356 g/mol. The molecule has 140 valence electrons. The molecule has 0 spiro atoms. The lowest BCUT2D eigenvalue weighted by molar-refractivity contribution is 0.0749. The summed E-state index contributed by atoms with van der Waals surface area (Å²) in [4.78, 5) is 17.0. The van der Waals surface area contributed by atoms with E-state index in [9.17, 15) is 4.79 Å². The maximum absolute atomic E-state index is 12.9. The zero-order chi connectivity index (χ0) is 18.1. The van der Waals surface area contributed by atoms with Crippen LogP contribution in [0.15, 0.2) is 10.5 Å². The third kappa shape index (κ3) is 3.30. The van der Waals surface area contributed by atoms with E-state index < -0.39 is 0 Å². The SMILES string of the molecule is CCc1oc(C(=O)N(C)Cc2n[nH]c3c2CCC3)cc1CN1CCCC1. The first-order valence-corrected chi connectivity index (χ1v) is 9.80. The number of aryl methyl sites for hydroxylation is 2. The molecular formula is C20H28N4O2. The molecule has 0 radical (unpaired) electrons. The summed E-state index contributed by atoms with van der Waals surface area (Å²) in [6, 6.07) is 1.95. The molecule has 0 atom stereocenters. The van der Waals surface area contributed by atoms with Crippen LogP contribution in [-0.2, 0) is 32.4 Å². The molecule has 2 aliphatic rings. The van der Waals surface area contributed by atoms with Gasteiger partial charge in [-0.15, -0.1) is 0 Å². The van der Waals surface area contributed by atoms with Crippen molar-refractivity contribution in [2.24, 2.45) is 0 Å². The molecule has 26 heavy (non-hydrogen) atoms. The minimum Gasteiger partial charge on any atom is -0.456 e. The second-order valence-corrected chi connectivity index (χ2v) is 7.54. The molecule has 1 aliphatic carbocycles. The van der Waals surface area contributed by atoms with Crippen molar-refractivity contribution in [3.63, 3.8) is 0 Å². The number of furan rings is 1. The number of hydrogen-bond donors (Lipinski definition) is 1. The van der Waals surface area contributed by atoms with Gasteiger partial charge >= 0.3 is 0 Å². The molecule has 1 fully saturated rings. The Bertz CT molecular complexity index is 786. The topological polar surface area (TPSA) is 65.4 Å². The van der Waals surface area contributed by atoms with E-state index in [0.29, 0.717) is 12.3 Å². The molecule has 6 heteroatoms. The number of carbonyl (C=O) groups excluding carboxylic acids is 1. The maximum atomic E-state index is 12.9. The molecular weight excluding hydrogens is 328 g/mol. The van der Waals surface area contributed by atoms with Gasteiger partial charge in [0.15, 0.2) is 5.76 Å². The number of aromatic amines is 1. The highest BCUT2D eigenvalue weighted by Gasteiger charge is 2.24. The van der Waals surface area contributed by atoms with E-state index in [1.165, 1.54) is 30.5 Å². The molecule has 0 unspecified atom stereocenters. The number of carbonyl (C=O) groups is 1. The maximum Gasteiger partial charge on any atom is 0.289 e. The number of nitrogens with zero attached hydrogens (tertiary/aromatic N) is 3. The van der Waals surface area contributed by atoms with Gasteiger partial charge in [0.25, 0.3) is 5.91 Å². The Balaban J connectivity index is 1.47. The van der Waals surface area contributed by atoms with Crippen molar-refractivity contribution in [3.8, 4) is 0 Å². The van der Waals surface area contributed by atoms with Crippen molar-refractivity contribution in [1.29, 1.82) is 0 Å². The van der Waals surface area contributed by atoms with Crippen molar-refractivity contribution in [1.82, 2.24) is 20.0 Å². The molecule has 4 rings (SSSR count). The largest absolute Gasteiger partial charge is 0.456 e. The van der Waals surface area contributed by atoms with Crippen LogP contribution in [0.5, 0.6) is 0 Å². The Kier molecular flexibility index (Phi) is 4.85. The lowest BCUT2D eigenvalue weighted by Crippen LogP contribution is -2.26. The quantitative estimate of drug-likeness (QED) is 0.864. The predicted octanol–water partition coefficient (Wildman–Crippen LogP) is 2.92. The Morgan fingerprint density at radius 3 is 2.88 bits per heavy atom. The van der Waals surface area contributed by atoms with Crippen LogP contribution in [0.3, 0.4) is 0 Å². The molecule has 6 nitrogen and oxygen atoms in total. The van der Waals surface area contributed by atoms with Gasteiger partial charge in [0.05, 0.1) is 12.2 Å². The van der Waals surface area contributed by atoms with Gasteiger partial charge in [-0.2, -0.15) is 5.10 Å². The smallest absolute Gasteiger partial charge is 0.289 e. The predicted molar refractivity (Wildman–Crippen MR) is 99.0 cm³/mol. The highest BCUT2D eigenvalue weighted by molar-refractivity contribution is 5.91. The van der Waals surface area contributed by atoms with Crippen LogP contribution < -0.4 is 0 Å². The fourth-order valence-corrected chi connectivity index (χ4v) is 4.19. The average Bonchev–Trinajstić information content (AvgIpc) is 3.40. The normalized spacial score (nSPS) is 17.0. The Labute approximate surface area is 154 Å². The molecule has 3 heterocycles. The molecule has 0 bridgehead atoms. The zero-order valence-corrected chi connectivity index (χ0v) is 15.8. The van der Waals surface area contributed by atoms with Crippen LogP contribution in [0.1, 0.15) is 65.0 Å². The molecule has 1 aliphatic heterocycles. The lowest BCUT2D eigenvalue weighted by Gasteiger charge is -2.15. The van der Waals surface area contributed by atoms with E-state index in [0.717, 1.165) is 55.9 Å². The third-order valence-corrected chi connectivity index (χ3v) is 5.65. The Hall–Kier alpha value is -2.08. The van der Waals surface area contributed by atoms with Crippen molar-refractivity contribution >= 4 is 5.91 Å².